The summed E-state index contributed by atoms with van der Waals surface area (Å²) in [6.07, 6.45) is 10.3. The summed E-state index contributed by atoms with van der Waals surface area (Å²) in [6.45, 7) is 10.2. The zero-order valence-electron chi connectivity index (χ0n) is 10.2. The van der Waals surface area contributed by atoms with Gasteiger partial charge in [-0.3, -0.25) is 4.57 Å². The molecule has 16 heavy (non-hydrogen) atoms. The molecule has 86 valence electrons. The Hall–Kier alpha value is -1.64. The third-order valence-electron chi connectivity index (χ3n) is 2.44. The molecule has 0 saturated heterocycles. The fraction of sp³-hybridized carbons (Fsp3) is 0.385. The Labute approximate surface area is 97.2 Å². The molecule has 1 rings (SSSR count). The Bertz CT molecular complexity index is 397. The second kappa shape index (κ2) is 6.05. The first-order valence-electron chi connectivity index (χ1n) is 5.58. The lowest BCUT2D eigenvalue weighted by Crippen LogP contribution is -1.97. The molecule has 3 nitrogen and oxygen atoms in total. The third-order valence-corrected chi connectivity index (χ3v) is 2.44. The first kappa shape index (κ1) is 12.4. The van der Waals surface area contributed by atoms with E-state index < -0.39 is 0 Å². The molecule has 0 spiro atoms. The molecule has 0 fully saturated rings. The predicted molar refractivity (Wildman–Crippen MR) is 68.7 cm³/mol. The minimum atomic E-state index is 0.545. The van der Waals surface area contributed by atoms with E-state index in [0.717, 1.165) is 12.2 Å². The maximum absolute atomic E-state index is 4.03. The van der Waals surface area contributed by atoms with E-state index in [9.17, 15) is 0 Å². The van der Waals surface area contributed by atoms with Gasteiger partial charge < -0.3 is 0 Å². The van der Waals surface area contributed by atoms with Crippen molar-refractivity contribution in [1.29, 1.82) is 0 Å². The van der Waals surface area contributed by atoms with Gasteiger partial charge in [0.1, 0.15) is 6.33 Å². The van der Waals surface area contributed by atoms with Crippen molar-refractivity contribution in [1.82, 2.24) is 14.8 Å². The zero-order valence-corrected chi connectivity index (χ0v) is 10.2. The van der Waals surface area contributed by atoms with Gasteiger partial charge >= 0.3 is 0 Å². The summed E-state index contributed by atoms with van der Waals surface area (Å²) in [5.41, 5.74) is 1.38. The van der Waals surface area contributed by atoms with Gasteiger partial charge in [-0.2, -0.15) is 0 Å². The maximum atomic E-state index is 4.03. The average molecular weight is 217 g/mol. The lowest BCUT2D eigenvalue weighted by molar-refractivity contribution is 0.733. The number of rotatable bonds is 5. The highest BCUT2D eigenvalue weighted by Gasteiger charge is 2.03. The Balaban J connectivity index is 3.00. The molecule has 1 heterocycles. The van der Waals surface area contributed by atoms with E-state index in [1.54, 1.807) is 12.4 Å². The van der Waals surface area contributed by atoms with Gasteiger partial charge in [-0.25, -0.2) is 0 Å². The SMILES string of the molecule is C=C/C=C\c1nncn1/C=C(/CC)C(C)C. The van der Waals surface area contributed by atoms with Crippen LogP contribution in [-0.2, 0) is 0 Å². The van der Waals surface area contributed by atoms with E-state index in [4.69, 9.17) is 0 Å². The van der Waals surface area contributed by atoms with Crippen LogP contribution < -0.4 is 0 Å². The lowest BCUT2D eigenvalue weighted by atomic mass is 10.0. The second-order valence-electron chi connectivity index (χ2n) is 3.90. The van der Waals surface area contributed by atoms with Crippen molar-refractivity contribution in [3.8, 4) is 0 Å². The summed E-state index contributed by atoms with van der Waals surface area (Å²) in [6, 6.07) is 0. The molecule has 0 aromatic carbocycles. The molecule has 0 N–H and O–H groups in total. The van der Waals surface area contributed by atoms with Crippen LogP contribution in [0, 0.1) is 5.92 Å². The first-order chi connectivity index (χ1) is 7.69. The molecule has 0 saturated carbocycles. The summed E-state index contributed by atoms with van der Waals surface area (Å²) in [5.74, 6) is 1.37. The summed E-state index contributed by atoms with van der Waals surface area (Å²) in [5, 5.41) is 7.94. The van der Waals surface area contributed by atoms with E-state index in [0.29, 0.717) is 5.92 Å². The molecule has 0 bridgehead atoms. The average Bonchev–Trinajstić information content (AvgIpc) is 2.69. The van der Waals surface area contributed by atoms with Gasteiger partial charge in [-0.1, -0.05) is 45.1 Å². The molecular formula is C13H19N3. The van der Waals surface area contributed by atoms with E-state index in [2.05, 4.69) is 43.7 Å². The van der Waals surface area contributed by atoms with Crippen molar-refractivity contribution < 1.29 is 0 Å². The molecule has 3 heteroatoms. The zero-order chi connectivity index (χ0) is 12.0. The van der Waals surface area contributed by atoms with Gasteiger partial charge in [0.2, 0.25) is 0 Å². The van der Waals surface area contributed by atoms with E-state index in [1.165, 1.54) is 5.57 Å². The Morgan fingerprint density at radius 2 is 2.31 bits per heavy atom. The standard InChI is InChI=1S/C13H19N3/c1-5-7-8-13-15-14-10-16(13)9-12(6-2)11(3)4/h5,7-11H,1,6H2,2-4H3/b8-7-,12-9-. The molecule has 0 atom stereocenters. The topological polar surface area (TPSA) is 30.7 Å². The monoisotopic (exact) mass is 217 g/mol. The van der Waals surface area contributed by atoms with Gasteiger partial charge in [0, 0.05) is 6.20 Å². The van der Waals surface area contributed by atoms with Gasteiger partial charge in [0.15, 0.2) is 5.82 Å². The largest absolute Gasteiger partial charge is 0.289 e. The summed E-state index contributed by atoms with van der Waals surface area (Å²) in [7, 11) is 0. The van der Waals surface area contributed by atoms with Crippen molar-refractivity contribution in [2.75, 3.05) is 0 Å². The van der Waals surface area contributed by atoms with Crippen LogP contribution in [0.15, 0.2) is 30.6 Å². The molecule has 0 amide bonds. The lowest BCUT2D eigenvalue weighted by Gasteiger charge is -2.08. The van der Waals surface area contributed by atoms with Crippen LogP contribution in [0.3, 0.4) is 0 Å². The quantitative estimate of drug-likeness (QED) is 0.708. The molecule has 1 aromatic rings. The fourth-order valence-corrected chi connectivity index (χ4v) is 1.45. The maximum Gasteiger partial charge on any atom is 0.160 e. The molecule has 0 aliphatic rings. The highest BCUT2D eigenvalue weighted by atomic mass is 15.2. The summed E-state index contributed by atoms with van der Waals surface area (Å²) in [4.78, 5) is 0. The van der Waals surface area contributed by atoms with Gasteiger partial charge in [0.25, 0.3) is 0 Å². The van der Waals surface area contributed by atoms with Crippen molar-refractivity contribution in [2.45, 2.75) is 27.2 Å². The number of hydrogen-bond acceptors (Lipinski definition) is 2. The second-order valence-corrected chi connectivity index (χ2v) is 3.90. The number of hydrogen-bond donors (Lipinski definition) is 0. The van der Waals surface area contributed by atoms with Crippen molar-refractivity contribution in [3.05, 3.63) is 36.5 Å². The van der Waals surface area contributed by atoms with Crippen molar-refractivity contribution in [2.24, 2.45) is 5.92 Å². The number of allylic oxidation sites excluding steroid dienone is 3. The van der Waals surface area contributed by atoms with Crippen molar-refractivity contribution in [3.63, 3.8) is 0 Å². The molecule has 1 aromatic heterocycles. The molecule has 0 unspecified atom stereocenters. The highest BCUT2D eigenvalue weighted by Crippen LogP contribution is 2.15. The summed E-state index contributed by atoms with van der Waals surface area (Å²) < 4.78 is 1.94. The van der Waals surface area contributed by atoms with Crippen LogP contribution in [0.25, 0.3) is 12.3 Å². The van der Waals surface area contributed by atoms with Crippen LogP contribution in [-0.4, -0.2) is 14.8 Å². The van der Waals surface area contributed by atoms with Gasteiger partial charge in [-0.05, 0) is 18.4 Å². The first-order valence-corrected chi connectivity index (χ1v) is 5.58. The smallest absolute Gasteiger partial charge is 0.160 e. The molecule has 0 radical (unpaired) electrons. The van der Waals surface area contributed by atoms with Crippen LogP contribution in [0.5, 0.6) is 0 Å². The fourth-order valence-electron chi connectivity index (χ4n) is 1.45. The Morgan fingerprint density at radius 1 is 1.56 bits per heavy atom. The number of aromatic nitrogens is 3. The summed E-state index contributed by atoms with van der Waals surface area (Å²) >= 11 is 0. The van der Waals surface area contributed by atoms with Crippen molar-refractivity contribution >= 4 is 12.3 Å². The van der Waals surface area contributed by atoms with Crippen LogP contribution >= 0.6 is 0 Å². The normalized spacial score (nSPS) is 12.6. The third kappa shape index (κ3) is 3.19. The van der Waals surface area contributed by atoms with Crippen LogP contribution in [0.2, 0.25) is 0 Å². The highest BCUT2D eigenvalue weighted by molar-refractivity contribution is 5.47. The minimum absolute atomic E-state index is 0.545. The Morgan fingerprint density at radius 3 is 2.88 bits per heavy atom. The van der Waals surface area contributed by atoms with Gasteiger partial charge in [-0.15, -0.1) is 10.2 Å². The molecule has 0 aliphatic carbocycles. The number of nitrogens with zero attached hydrogens (tertiary/aromatic N) is 3. The van der Waals surface area contributed by atoms with E-state index in [-0.39, 0.29) is 0 Å². The van der Waals surface area contributed by atoms with Crippen LogP contribution in [0.1, 0.15) is 33.0 Å². The predicted octanol–water partition coefficient (Wildman–Crippen LogP) is 3.38. The van der Waals surface area contributed by atoms with Crippen LogP contribution in [0.4, 0.5) is 0 Å². The Kier molecular flexibility index (Phi) is 4.70. The van der Waals surface area contributed by atoms with E-state index in [1.807, 2.05) is 16.7 Å². The van der Waals surface area contributed by atoms with Gasteiger partial charge in [0.05, 0.1) is 0 Å². The molecule has 0 aliphatic heterocycles. The molecular weight excluding hydrogens is 198 g/mol. The minimum Gasteiger partial charge on any atom is -0.289 e. The van der Waals surface area contributed by atoms with E-state index >= 15 is 0 Å².